The molecule has 0 bridgehead atoms. The Labute approximate surface area is 187 Å². The monoisotopic (exact) mass is 476 g/mol. The van der Waals surface area contributed by atoms with Crippen LogP contribution in [0.25, 0.3) is 0 Å². The maximum atomic E-state index is 11.8. The quantitative estimate of drug-likeness (QED) is 0.318. The molecule has 13 heteroatoms. The summed E-state index contributed by atoms with van der Waals surface area (Å²) in [6, 6.07) is 0. The van der Waals surface area contributed by atoms with E-state index in [4.69, 9.17) is 35.3 Å². The molecule has 0 saturated carbocycles. The van der Waals surface area contributed by atoms with Crippen molar-refractivity contribution in [1.29, 1.82) is 0 Å². The summed E-state index contributed by atoms with van der Waals surface area (Å²) in [7, 11) is 0. The number of esters is 4. The number of rotatable bonds is 7. The molecule has 1 saturated heterocycles. The second kappa shape index (κ2) is 11.3. The molecule has 170 valence electrons. The number of nitrogens with zero attached hydrogens (tertiary/aromatic N) is 2. The molecule has 0 amide bonds. The lowest BCUT2D eigenvalue weighted by Gasteiger charge is -2.43. The average molecular weight is 477 g/mol. The smallest absolute Gasteiger partial charge is 0.303 e. The van der Waals surface area contributed by atoms with Crippen molar-refractivity contribution in [2.75, 3.05) is 6.61 Å². The summed E-state index contributed by atoms with van der Waals surface area (Å²) >= 11 is 6.77. The van der Waals surface area contributed by atoms with Gasteiger partial charge in [-0.05, 0) is 0 Å². The average Bonchev–Trinajstić information content (AvgIpc) is 2.65. The van der Waals surface area contributed by atoms with Crippen molar-refractivity contribution in [1.82, 2.24) is 9.97 Å². The van der Waals surface area contributed by atoms with Gasteiger partial charge in [0, 0.05) is 27.7 Å². The van der Waals surface area contributed by atoms with E-state index in [0.29, 0.717) is 5.02 Å². The summed E-state index contributed by atoms with van der Waals surface area (Å²) in [6.45, 7) is 4.35. The summed E-state index contributed by atoms with van der Waals surface area (Å²) in [4.78, 5) is 54.7. The minimum absolute atomic E-state index is 0.227. The largest absolute Gasteiger partial charge is 0.463 e. The molecule has 1 aromatic rings. The maximum Gasteiger partial charge on any atom is 0.303 e. The molecule has 1 aliphatic rings. The topological polar surface area (TPSA) is 140 Å². The van der Waals surface area contributed by atoms with Crippen molar-refractivity contribution in [3.63, 3.8) is 0 Å². The molecule has 5 atom stereocenters. The zero-order valence-electron chi connectivity index (χ0n) is 17.1. The fourth-order valence-corrected chi connectivity index (χ4v) is 3.82. The Hall–Kier alpha value is -2.44. The van der Waals surface area contributed by atoms with Crippen LogP contribution in [0, 0.1) is 0 Å². The van der Waals surface area contributed by atoms with Crippen molar-refractivity contribution in [2.45, 2.75) is 62.7 Å². The van der Waals surface area contributed by atoms with Gasteiger partial charge in [-0.15, -0.1) is 0 Å². The number of hydrogen-bond donors (Lipinski definition) is 0. The second-order valence-corrected chi connectivity index (χ2v) is 7.87. The highest BCUT2D eigenvalue weighted by Crippen LogP contribution is 2.36. The van der Waals surface area contributed by atoms with Gasteiger partial charge < -0.3 is 23.7 Å². The SMILES string of the molecule is CC(=O)OC[C@H]1OC(Sc2ncc(Cl)cn2)[C@H](OC(C)=O)[C@@H](OC(C)=O)[C@@H]1OC(C)=O. The first-order valence-corrected chi connectivity index (χ1v) is 10.3. The normalized spacial score (nSPS) is 25.3. The Morgan fingerprint density at radius 2 is 1.42 bits per heavy atom. The van der Waals surface area contributed by atoms with Crippen LogP contribution in [0.2, 0.25) is 5.02 Å². The van der Waals surface area contributed by atoms with Crippen LogP contribution in [0.15, 0.2) is 17.6 Å². The van der Waals surface area contributed by atoms with E-state index in [-0.39, 0.29) is 11.8 Å². The fourth-order valence-electron chi connectivity index (χ4n) is 2.75. The standard InChI is InChI=1S/C18H21ClN2O9S/c1-8(22)26-7-13-14(27-9(2)23)15(28-10(3)24)16(29-11(4)25)17(30-13)31-18-20-5-12(19)6-21-18/h5-6,13-17H,7H2,1-4H3/t13-,14-,15+,16-,17?/m1/s1. The molecule has 11 nitrogen and oxygen atoms in total. The van der Waals surface area contributed by atoms with E-state index < -0.39 is 53.7 Å². The van der Waals surface area contributed by atoms with Gasteiger partial charge >= 0.3 is 23.9 Å². The third kappa shape index (κ3) is 7.64. The number of thioether (sulfide) groups is 1. The van der Waals surface area contributed by atoms with E-state index >= 15 is 0 Å². The van der Waals surface area contributed by atoms with Crippen molar-refractivity contribution < 1.29 is 42.9 Å². The second-order valence-electron chi connectivity index (χ2n) is 6.37. The zero-order chi connectivity index (χ0) is 23.1. The van der Waals surface area contributed by atoms with Gasteiger partial charge in [0.2, 0.25) is 0 Å². The molecule has 0 N–H and O–H groups in total. The van der Waals surface area contributed by atoms with Crippen molar-refractivity contribution >= 4 is 47.2 Å². The minimum Gasteiger partial charge on any atom is -0.463 e. The predicted octanol–water partition coefficient (Wildman–Crippen LogP) is 1.31. The van der Waals surface area contributed by atoms with Gasteiger partial charge in [-0.1, -0.05) is 23.4 Å². The van der Waals surface area contributed by atoms with Gasteiger partial charge in [-0.25, -0.2) is 9.97 Å². The third-order valence-corrected chi connectivity index (χ3v) is 4.99. The Bertz CT molecular complexity index is 823. The van der Waals surface area contributed by atoms with Crippen LogP contribution in [-0.2, 0) is 42.9 Å². The molecule has 1 unspecified atom stereocenters. The first kappa shape index (κ1) is 24.8. The van der Waals surface area contributed by atoms with Gasteiger partial charge in [-0.3, -0.25) is 19.2 Å². The van der Waals surface area contributed by atoms with E-state index in [1.54, 1.807) is 0 Å². The molecule has 31 heavy (non-hydrogen) atoms. The minimum atomic E-state index is -1.25. The van der Waals surface area contributed by atoms with Crippen LogP contribution in [0.1, 0.15) is 27.7 Å². The van der Waals surface area contributed by atoms with E-state index in [9.17, 15) is 19.2 Å². The number of aromatic nitrogens is 2. The molecule has 0 aromatic carbocycles. The Morgan fingerprint density at radius 3 is 1.94 bits per heavy atom. The van der Waals surface area contributed by atoms with E-state index in [2.05, 4.69) is 9.97 Å². The fraction of sp³-hybridized carbons (Fsp3) is 0.556. The lowest BCUT2D eigenvalue weighted by Crippen LogP contribution is -2.61. The highest BCUT2D eigenvalue weighted by Gasteiger charge is 2.52. The van der Waals surface area contributed by atoms with Crippen LogP contribution in [0.4, 0.5) is 0 Å². The highest BCUT2D eigenvalue weighted by molar-refractivity contribution is 7.99. The summed E-state index contributed by atoms with van der Waals surface area (Å²) in [5.41, 5.74) is -0.998. The number of halogens is 1. The number of carbonyl (C=O) groups is 4. The number of hydrogen-bond acceptors (Lipinski definition) is 12. The van der Waals surface area contributed by atoms with Crippen LogP contribution >= 0.6 is 23.4 Å². The van der Waals surface area contributed by atoms with E-state index in [0.717, 1.165) is 32.5 Å². The Kier molecular flexibility index (Phi) is 9.01. The van der Waals surface area contributed by atoms with Gasteiger partial charge in [0.25, 0.3) is 0 Å². The molecule has 1 fully saturated rings. The third-order valence-electron chi connectivity index (χ3n) is 3.77. The van der Waals surface area contributed by atoms with Crippen LogP contribution in [0.3, 0.4) is 0 Å². The first-order chi connectivity index (χ1) is 14.6. The van der Waals surface area contributed by atoms with E-state index in [1.807, 2.05) is 0 Å². The molecule has 0 radical (unpaired) electrons. The number of ether oxygens (including phenoxy) is 5. The van der Waals surface area contributed by atoms with Crippen molar-refractivity contribution in [3.05, 3.63) is 17.4 Å². The molecule has 1 aromatic heterocycles. The summed E-state index contributed by atoms with van der Waals surface area (Å²) in [5.74, 6) is -2.69. The molecule has 0 aliphatic carbocycles. The summed E-state index contributed by atoms with van der Waals surface area (Å²) in [5, 5.41) is 0.538. The summed E-state index contributed by atoms with van der Waals surface area (Å²) < 4.78 is 27.0. The predicted molar refractivity (Wildman–Crippen MR) is 105 cm³/mol. The van der Waals surface area contributed by atoms with Crippen LogP contribution < -0.4 is 0 Å². The van der Waals surface area contributed by atoms with Crippen molar-refractivity contribution in [3.8, 4) is 0 Å². The number of carbonyl (C=O) groups excluding carboxylic acids is 4. The van der Waals surface area contributed by atoms with Gasteiger partial charge in [0.15, 0.2) is 28.9 Å². The zero-order valence-corrected chi connectivity index (χ0v) is 18.7. The van der Waals surface area contributed by atoms with Crippen LogP contribution in [0.5, 0.6) is 0 Å². The molecule has 2 rings (SSSR count). The molecule has 0 spiro atoms. The molecular formula is C18H21ClN2O9S. The Morgan fingerprint density at radius 1 is 0.903 bits per heavy atom. The van der Waals surface area contributed by atoms with Gasteiger partial charge in [0.1, 0.15) is 12.7 Å². The highest BCUT2D eigenvalue weighted by atomic mass is 35.5. The lowest BCUT2D eigenvalue weighted by atomic mass is 9.99. The molecular weight excluding hydrogens is 456 g/mol. The first-order valence-electron chi connectivity index (χ1n) is 9.01. The summed E-state index contributed by atoms with van der Waals surface area (Å²) in [6.07, 6.45) is -1.96. The Balaban J connectivity index is 2.43. The molecule has 2 heterocycles. The van der Waals surface area contributed by atoms with Crippen molar-refractivity contribution in [2.24, 2.45) is 0 Å². The lowest BCUT2D eigenvalue weighted by molar-refractivity contribution is -0.237. The maximum absolute atomic E-state index is 11.8. The van der Waals surface area contributed by atoms with Crippen LogP contribution in [-0.4, -0.2) is 70.3 Å². The van der Waals surface area contributed by atoms with Gasteiger partial charge in [0.05, 0.1) is 17.4 Å². The van der Waals surface area contributed by atoms with Gasteiger partial charge in [-0.2, -0.15) is 0 Å². The molecule has 1 aliphatic heterocycles. The van der Waals surface area contributed by atoms with E-state index in [1.165, 1.54) is 19.3 Å².